The zero-order chi connectivity index (χ0) is 15.4. The summed E-state index contributed by atoms with van der Waals surface area (Å²) >= 11 is 5.66. The van der Waals surface area contributed by atoms with Gasteiger partial charge in [-0.2, -0.15) is 5.26 Å². The first kappa shape index (κ1) is 14.8. The van der Waals surface area contributed by atoms with Crippen LogP contribution in [-0.2, 0) is 0 Å². The summed E-state index contributed by atoms with van der Waals surface area (Å²) in [5.41, 5.74) is 0.369. The maximum absolute atomic E-state index is 13.1. The Bertz CT molecular complexity index is 756. The number of hydrogen-bond donors (Lipinski definition) is 1. The van der Waals surface area contributed by atoms with Crippen molar-refractivity contribution in [1.29, 1.82) is 5.26 Å². The van der Waals surface area contributed by atoms with E-state index in [4.69, 9.17) is 16.3 Å². The van der Waals surface area contributed by atoms with Gasteiger partial charge in [0, 0.05) is 6.07 Å². The molecular formula is C14H9ClFN3O2. The van der Waals surface area contributed by atoms with E-state index in [1.165, 1.54) is 25.3 Å². The van der Waals surface area contributed by atoms with Crippen molar-refractivity contribution in [1.82, 2.24) is 4.98 Å². The molecule has 0 aliphatic rings. The molecule has 0 aliphatic carbocycles. The van der Waals surface area contributed by atoms with E-state index in [0.717, 1.165) is 12.3 Å². The van der Waals surface area contributed by atoms with Gasteiger partial charge in [0.1, 0.15) is 17.6 Å². The van der Waals surface area contributed by atoms with E-state index in [1.807, 2.05) is 6.07 Å². The van der Waals surface area contributed by atoms with E-state index in [0.29, 0.717) is 0 Å². The summed E-state index contributed by atoms with van der Waals surface area (Å²) in [6, 6.07) is 7.03. The Morgan fingerprint density at radius 1 is 1.48 bits per heavy atom. The number of nitrogens with zero attached hydrogens (tertiary/aromatic N) is 3. The lowest BCUT2D eigenvalue weighted by Gasteiger charge is -2.05. The summed E-state index contributed by atoms with van der Waals surface area (Å²) in [5.74, 6) is -0.574. The smallest absolute Gasteiger partial charge is 0.213 e. The van der Waals surface area contributed by atoms with Crippen LogP contribution in [0.2, 0.25) is 5.02 Å². The molecule has 1 N–H and O–H groups in total. The van der Waals surface area contributed by atoms with Crippen molar-refractivity contribution in [3.8, 4) is 17.7 Å². The van der Waals surface area contributed by atoms with Crippen LogP contribution in [0.4, 0.5) is 10.1 Å². The first-order valence-electron chi connectivity index (χ1n) is 5.72. The molecule has 0 bridgehead atoms. The molecular weight excluding hydrogens is 297 g/mol. The first-order chi connectivity index (χ1) is 10.0. The van der Waals surface area contributed by atoms with Crippen LogP contribution in [0.3, 0.4) is 0 Å². The molecule has 7 heteroatoms. The first-order valence-corrected chi connectivity index (χ1v) is 6.10. The Morgan fingerprint density at radius 3 is 2.86 bits per heavy atom. The van der Waals surface area contributed by atoms with Gasteiger partial charge in [0.05, 0.1) is 29.6 Å². The molecule has 0 radical (unpaired) electrons. The number of aromatic hydroxyl groups is 1. The Morgan fingerprint density at radius 2 is 2.24 bits per heavy atom. The molecule has 0 aliphatic heterocycles. The number of rotatable bonds is 3. The molecule has 21 heavy (non-hydrogen) atoms. The van der Waals surface area contributed by atoms with Crippen molar-refractivity contribution in [3.05, 3.63) is 46.9 Å². The molecule has 0 saturated carbocycles. The number of aliphatic imine (C=N–C) groups is 1. The Balaban J connectivity index is 2.51. The maximum Gasteiger partial charge on any atom is 0.213 e. The highest BCUT2D eigenvalue weighted by Crippen LogP contribution is 2.25. The number of benzene rings is 1. The van der Waals surface area contributed by atoms with E-state index in [1.54, 1.807) is 0 Å². The van der Waals surface area contributed by atoms with E-state index >= 15 is 0 Å². The fraction of sp³-hybridized carbons (Fsp3) is 0.0714. The van der Waals surface area contributed by atoms with Crippen molar-refractivity contribution in [3.63, 3.8) is 0 Å². The fourth-order valence-electron chi connectivity index (χ4n) is 1.56. The minimum Gasteiger partial charge on any atom is -0.506 e. The number of pyridine rings is 1. The molecule has 0 atom stereocenters. The molecule has 1 aromatic carbocycles. The monoisotopic (exact) mass is 305 g/mol. The van der Waals surface area contributed by atoms with Crippen molar-refractivity contribution >= 4 is 23.0 Å². The van der Waals surface area contributed by atoms with Crippen LogP contribution < -0.4 is 4.74 Å². The van der Waals surface area contributed by atoms with Gasteiger partial charge >= 0.3 is 0 Å². The van der Waals surface area contributed by atoms with E-state index in [-0.39, 0.29) is 33.6 Å². The molecule has 0 spiro atoms. The fourth-order valence-corrected chi connectivity index (χ4v) is 1.73. The summed E-state index contributed by atoms with van der Waals surface area (Å²) in [6.45, 7) is 0. The average molecular weight is 306 g/mol. The lowest BCUT2D eigenvalue weighted by atomic mass is 10.1. The summed E-state index contributed by atoms with van der Waals surface area (Å²) in [6.07, 6.45) is 1.15. The van der Waals surface area contributed by atoms with Gasteiger partial charge in [-0.3, -0.25) is 0 Å². The average Bonchev–Trinajstić information content (AvgIpc) is 2.49. The van der Waals surface area contributed by atoms with Gasteiger partial charge in [-0.15, -0.1) is 0 Å². The number of halogens is 2. The second kappa shape index (κ2) is 6.20. The molecule has 0 saturated heterocycles. The maximum atomic E-state index is 13.1. The molecule has 2 rings (SSSR count). The van der Waals surface area contributed by atoms with Crippen LogP contribution in [0.25, 0.3) is 0 Å². The molecule has 2 aromatic rings. The van der Waals surface area contributed by atoms with Gasteiger partial charge in [0.2, 0.25) is 5.88 Å². The Kier molecular flexibility index (Phi) is 4.36. The van der Waals surface area contributed by atoms with Crippen LogP contribution in [0, 0.1) is 17.1 Å². The number of methoxy groups -OCH3 is 1. The van der Waals surface area contributed by atoms with Crippen LogP contribution in [0.15, 0.2) is 35.5 Å². The Labute approximate surface area is 124 Å². The quantitative estimate of drug-likeness (QED) is 0.883. The van der Waals surface area contributed by atoms with Gasteiger partial charge in [-0.25, -0.2) is 14.4 Å². The normalized spacial score (nSPS) is 11.0. The van der Waals surface area contributed by atoms with Gasteiger partial charge in [-0.05, 0) is 18.2 Å². The zero-order valence-corrected chi connectivity index (χ0v) is 11.6. The number of hydrogen-bond acceptors (Lipinski definition) is 5. The molecule has 1 heterocycles. The topological polar surface area (TPSA) is 78.5 Å². The lowest BCUT2D eigenvalue weighted by Crippen LogP contribution is -1.99. The molecule has 0 unspecified atom stereocenters. The third-order valence-electron chi connectivity index (χ3n) is 2.57. The lowest BCUT2D eigenvalue weighted by molar-refractivity contribution is 0.394. The van der Waals surface area contributed by atoms with Crippen LogP contribution in [0.5, 0.6) is 11.6 Å². The molecule has 0 amide bonds. The van der Waals surface area contributed by atoms with E-state index in [9.17, 15) is 14.8 Å². The third kappa shape index (κ3) is 3.27. The molecule has 0 fully saturated rings. The van der Waals surface area contributed by atoms with E-state index < -0.39 is 5.82 Å². The summed E-state index contributed by atoms with van der Waals surface area (Å²) < 4.78 is 18.0. The molecule has 106 valence electrons. The number of ether oxygens (including phenoxy) is 1. The summed E-state index contributed by atoms with van der Waals surface area (Å²) in [7, 11) is 1.41. The van der Waals surface area contributed by atoms with E-state index in [2.05, 4.69) is 9.98 Å². The molecule has 5 nitrogen and oxygen atoms in total. The summed E-state index contributed by atoms with van der Waals surface area (Å²) in [5, 5.41) is 18.9. The third-order valence-corrected chi connectivity index (χ3v) is 2.86. The second-order valence-corrected chi connectivity index (χ2v) is 4.32. The standard InChI is InChI=1S/C14H9ClFN3O2/c1-21-14-5-9(13(20)7-18-14)12(6-17)19-8-2-3-11(16)10(15)4-8/h2-5,7,20H,1H3. The number of nitriles is 1. The zero-order valence-electron chi connectivity index (χ0n) is 10.8. The second-order valence-electron chi connectivity index (χ2n) is 3.91. The van der Waals surface area contributed by atoms with Crippen LogP contribution in [0.1, 0.15) is 5.56 Å². The minimum atomic E-state index is -0.581. The van der Waals surface area contributed by atoms with Crippen molar-refractivity contribution < 1.29 is 14.2 Å². The van der Waals surface area contributed by atoms with Crippen molar-refractivity contribution in [2.75, 3.05) is 7.11 Å². The van der Waals surface area contributed by atoms with Gasteiger partial charge in [-0.1, -0.05) is 11.6 Å². The van der Waals surface area contributed by atoms with Gasteiger partial charge in [0.25, 0.3) is 0 Å². The van der Waals surface area contributed by atoms with Crippen molar-refractivity contribution in [2.24, 2.45) is 4.99 Å². The Hall–Kier alpha value is -2.65. The van der Waals surface area contributed by atoms with Crippen molar-refractivity contribution in [2.45, 2.75) is 0 Å². The predicted molar refractivity (Wildman–Crippen MR) is 75.7 cm³/mol. The number of aromatic nitrogens is 1. The van der Waals surface area contributed by atoms with Gasteiger partial charge in [0.15, 0.2) is 5.71 Å². The largest absolute Gasteiger partial charge is 0.506 e. The highest BCUT2D eigenvalue weighted by Gasteiger charge is 2.12. The highest BCUT2D eigenvalue weighted by atomic mass is 35.5. The summed E-state index contributed by atoms with van der Waals surface area (Å²) in [4.78, 5) is 7.85. The van der Waals surface area contributed by atoms with Crippen LogP contribution in [-0.4, -0.2) is 22.9 Å². The van der Waals surface area contributed by atoms with Gasteiger partial charge < -0.3 is 9.84 Å². The van der Waals surface area contributed by atoms with Crippen LogP contribution >= 0.6 is 11.6 Å². The SMILES string of the molecule is COc1cc(C(C#N)=Nc2ccc(F)c(Cl)c2)c(O)cn1. The minimum absolute atomic E-state index is 0.0733. The highest BCUT2D eigenvalue weighted by molar-refractivity contribution is 6.31. The molecule has 1 aromatic heterocycles. The predicted octanol–water partition coefficient (Wildman–Crippen LogP) is 3.23.